The molecule has 1 aliphatic rings. The molecule has 0 aliphatic carbocycles. The van der Waals surface area contributed by atoms with Gasteiger partial charge in [0.2, 0.25) is 0 Å². The summed E-state index contributed by atoms with van der Waals surface area (Å²) in [6.45, 7) is 2.74. The van der Waals surface area contributed by atoms with Gasteiger partial charge in [0.05, 0.1) is 23.2 Å². The van der Waals surface area contributed by atoms with Crippen LogP contribution < -0.4 is 4.74 Å². The van der Waals surface area contributed by atoms with Gasteiger partial charge in [-0.15, -0.1) is 0 Å². The van der Waals surface area contributed by atoms with Crippen LogP contribution in [0.3, 0.4) is 0 Å². The third-order valence-corrected chi connectivity index (χ3v) is 5.29. The summed E-state index contributed by atoms with van der Waals surface area (Å²) in [6.07, 6.45) is 0.448. The van der Waals surface area contributed by atoms with E-state index in [1.807, 2.05) is 6.92 Å². The van der Waals surface area contributed by atoms with Crippen LogP contribution in [0.5, 0.6) is 5.75 Å². The number of likely N-dealkylation sites (tertiary alicyclic amines) is 1. The molecule has 2 aromatic rings. The van der Waals surface area contributed by atoms with E-state index in [1.54, 1.807) is 12.1 Å². The van der Waals surface area contributed by atoms with E-state index in [2.05, 4.69) is 0 Å². The number of Topliss-reactive ketones (excluding diaryl/α,β-unsaturated/α-hetero) is 1. The molecule has 8 heteroatoms. The van der Waals surface area contributed by atoms with Gasteiger partial charge in [-0.05, 0) is 37.6 Å². The van der Waals surface area contributed by atoms with Crippen LogP contribution in [-0.4, -0.2) is 48.6 Å². The fraction of sp³-hybridized carbons (Fsp3) is 0.304. The maximum Gasteiger partial charge on any atom is 0.295 e. The topological polar surface area (TPSA) is 76.1 Å². The summed E-state index contributed by atoms with van der Waals surface area (Å²) in [7, 11) is 1.53. The highest BCUT2D eigenvalue weighted by Gasteiger charge is 2.46. The Bertz CT molecular complexity index is 1020. The fourth-order valence-corrected chi connectivity index (χ4v) is 3.82. The van der Waals surface area contributed by atoms with E-state index in [1.165, 1.54) is 42.3 Å². The molecule has 0 bridgehead atoms. The largest absolute Gasteiger partial charge is 0.507 e. The predicted molar refractivity (Wildman–Crippen MR) is 115 cm³/mol. The molecule has 0 saturated carbocycles. The third-order valence-electron chi connectivity index (χ3n) is 4.99. The number of benzene rings is 2. The monoisotopic (exact) mass is 447 g/mol. The lowest BCUT2D eigenvalue weighted by molar-refractivity contribution is -0.140. The summed E-state index contributed by atoms with van der Waals surface area (Å²) in [4.78, 5) is 26.9. The first-order chi connectivity index (χ1) is 14.9. The number of rotatable bonds is 8. The minimum atomic E-state index is -1.07. The molecule has 1 atom stereocenters. The van der Waals surface area contributed by atoms with Gasteiger partial charge in [-0.1, -0.05) is 29.8 Å². The van der Waals surface area contributed by atoms with Crippen LogP contribution in [0.25, 0.3) is 5.76 Å². The molecule has 1 heterocycles. The molecule has 3 rings (SSSR count). The van der Waals surface area contributed by atoms with Gasteiger partial charge in [-0.3, -0.25) is 9.59 Å². The molecule has 31 heavy (non-hydrogen) atoms. The zero-order valence-corrected chi connectivity index (χ0v) is 18.0. The number of amides is 1. The lowest BCUT2D eigenvalue weighted by atomic mass is 9.95. The third kappa shape index (κ3) is 4.57. The van der Waals surface area contributed by atoms with Crippen LogP contribution in [0, 0.1) is 5.82 Å². The fourth-order valence-electron chi connectivity index (χ4n) is 3.59. The number of hydrogen-bond donors (Lipinski definition) is 1. The minimum Gasteiger partial charge on any atom is -0.507 e. The Hall–Kier alpha value is -2.90. The van der Waals surface area contributed by atoms with Crippen LogP contribution >= 0.6 is 11.6 Å². The number of ether oxygens (including phenoxy) is 2. The van der Waals surface area contributed by atoms with Gasteiger partial charge >= 0.3 is 0 Å². The van der Waals surface area contributed by atoms with E-state index in [9.17, 15) is 19.1 Å². The molecule has 1 aliphatic heterocycles. The van der Waals surface area contributed by atoms with Gasteiger partial charge in [0.25, 0.3) is 11.7 Å². The standard InChI is InChI=1S/C23H23ClFNO5/c1-3-31-18-10-9-14(13-16(18)24)21(27)19-20(15-7-4-5-8-17(15)25)26(11-6-12-30-2)23(29)22(19)28/h4-5,7-10,13,20,27H,3,6,11-12H2,1-2H3/t20-/m1/s1. The highest BCUT2D eigenvalue weighted by Crippen LogP contribution is 2.41. The van der Waals surface area contributed by atoms with Crippen LogP contribution in [0.2, 0.25) is 5.02 Å². The number of halogens is 2. The molecule has 0 unspecified atom stereocenters. The molecule has 0 spiro atoms. The van der Waals surface area contributed by atoms with Gasteiger partial charge in [0, 0.05) is 31.4 Å². The van der Waals surface area contributed by atoms with Crippen molar-refractivity contribution in [1.82, 2.24) is 4.90 Å². The number of hydrogen-bond acceptors (Lipinski definition) is 5. The van der Waals surface area contributed by atoms with Crippen molar-refractivity contribution in [3.63, 3.8) is 0 Å². The average Bonchev–Trinajstić information content (AvgIpc) is 3.00. The zero-order valence-electron chi connectivity index (χ0n) is 17.2. The van der Waals surface area contributed by atoms with Gasteiger partial charge in [0.15, 0.2) is 0 Å². The Balaban J connectivity index is 2.13. The van der Waals surface area contributed by atoms with Gasteiger partial charge in [-0.2, -0.15) is 0 Å². The molecular weight excluding hydrogens is 425 g/mol. The van der Waals surface area contributed by atoms with Crippen molar-refractivity contribution in [2.24, 2.45) is 0 Å². The van der Waals surface area contributed by atoms with Crippen LogP contribution in [0.4, 0.5) is 4.39 Å². The lowest BCUT2D eigenvalue weighted by Gasteiger charge is -2.25. The van der Waals surface area contributed by atoms with E-state index >= 15 is 0 Å². The Morgan fingerprint density at radius 2 is 1.97 bits per heavy atom. The minimum absolute atomic E-state index is 0.123. The molecule has 1 N–H and O–H groups in total. The first-order valence-electron chi connectivity index (χ1n) is 9.85. The molecule has 0 radical (unpaired) electrons. The number of carbonyl (C=O) groups is 2. The second-order valence-corrected chi connectivity index (χ2v) is 7.35. The molecule has 1 saturated heterocycles. The van der Waals surface area contributed by atoms with Crippen molar-refractivity contribution in [1.29, 1.82) is 0 Å². The maximum atomic E-state index is 14.7. The van der Waals surface area contributed by atoms with Crippen LogP contribution in [-0.2, 0) is 14.3 Å². The highest BCUT2D eigenvalue weighted by molar-refractivity contribution is 6.46. The molecule has 6 nitrogen and oxygen atoms in total. The van der Waals surface area contributed by atoms with Gasteiger partial charge < -0.3 is 19.5 Å². The summed E-state index contributed by atoms with van der Waals surface area (Å²) < 4.78 is 25.1. The van der Waals surface area contributed by atoms with Crippen molar-refractivity contribution in [3.8, 4) is 5.75 Å². The Kier molecular flexibility index (Phi) is 7.30. The predicted octanol–water partition coefficient (Wildman–Crippen LogP) is 4.34. The Labute approximate surface area is 184 Å². The van der Waals surface area contributed by atoms with Crippen molar-refractivity contribution in [2.45, 2.75) is 19.4 Å². The number of aliphatic hydroxyl groups is 1. The van der Waals surface area contributed by atoms with Gasteiger partial charge in [0.1, 0.15) is 17.3 Å². The number of carbonyl (C=O) groups excluding carboxylic acids is 2. The first kappa shape index (κ1) is 22.8. The smallest absolute Gasteiger partial charge is 0.295 e. The van der Waals surface area contributed by atoms with E-state index in [4.69, 9.17) is 21.1 Å². The van der Waals surface area contributed by atoms with Crippen molar-refractivity contribution in [3.05, 3.63) is 70.0 Å². The van der Waals surface area contributed by atoms with Crippen molar-refractivity contribution >= 4 is 29.1 Å². The second-order valence-electron chi connectivity index (χ2n) is 6.94. The normalized spacial score (nSPS) is 17.9. The average molecular weight is 448 g/mol. The van der Waals surface area contributed by atoms with E-state index < -0.39 is 29.3 Å². The number of nitrogens with zero attached hydrogens (tertiary/aromatic N) is 1. The lowest BCUT2D eigenvalue weighted by Crippen LogP contribution is -2.31. The van der Waals surface area contributed by atoms with Crippen molar-refractivity contribution in [2.75, 3.05) is 26.9 Å². The SMILES string of the molecule is CCOc1ccc(C(O)=C2C(=O)C(=O)N(CCCOC)[C@@H]2c2ccccc2F)cc1Cl. The number of ketones is 1. The van der Waals surface area contributed by atoms with Crippen molar-refractivity contribution < 1.29 is 28.6 Å². The first-order valence-corrected chi connectivity index (χ1v) is 10.2. The molecule has 1 amide bonds. The summed E-state index contributed by atoms with van der Waals surface area (Å²) in [5.74, 6) is -2.27. The summed E-state index contributed by atoms with van der Waals surface area (Å²) in [5, 5.41) is 11.2. The summed E-state index contributed by atoms with van der Waals surface area (Å²) in [5.41, 5.74) is 0.162. The molecule has 2 aromatic carbocycles. The van der Waals surface area contributed by atoms with E-state index in [0.717, 1.165) is 0 Å². The Morgan fingerprint density at radius 1 is 1.23 bits per heavy atom. The number of methoxy groups -OCH3 is 1. The molecule has 1 fully saturated rings. The van der Waals surface area contributed by atoms with Gasteiger partial charge in [-0.25, -0.2) is 4.39 Å². The Morgan fingerprint density at radius 3 is 2.61 bits per heavy atom. The molecular formula is C23H23ClFNO5. The number of aliphatic hydroxyl groups excluding tert-OH is 1. The highest BCUT2D eigenvalue weighted by atomic mass is 35.5. The summed E-state index contributed by atoms with van der Waals surface area (Å²) in [6, 6.07) is 9.34. The summed E-state index contributed by atoms with van der Waals surface area (Å²) >= 11 is 6.22. The van der Waals surface area contributed by atoms with E-state index in [0.29, 0.717) is 25.4 Å². The maximum absolute atomic E-state index is 14.7. The van der Waals surface area contributed by atoms with Crippen LogP contribution in [0.15, 0.2) is 48.0 Å². The zero-order chi connectivity index (χ0) is 22.5. The van der Waals surface area contributed by atoms with Crippen LogP contribution in [0.1, 0.15) is 30.5 Å². The second kappa shape index (κ2) is 9.94. The molecule has 0 aromatic heterocycles. The quantitative estimate of drug-likeness (QED) is 0.282. The van der Waals surface area contributed by atoms with E-state index in [-0.39, 0.29) is 28.3 Å². The molecule has 164 valence electrons.